The number of hydrogen-bond donors (Lipinski definition) is 2. The highest BCUT2D eigenvalue weighted by Gasteiger charge is 2.16. The Balaban J connectivity index is 0.00000312. The molecule has 0 aliphatic heterocycles. The quantitative estimate of drug-likeness (QED) is 0.257. The maximum atomic E-state index is 11.1. The summed E-state index contributed by atoms with van der Waals surface area (Å²) in [5.74, 6) is 0.765. The van der Waals surface area contributed by atoms with Gasteiger partial charge in [0.25, 0.3) is 0 Å². The molecule has 1 aromatic heterocycles. The fraction of sp³-hybridized carbons (Fsp3) is 0.733. The molecule has 0 saturated carbocycles. The molecule has 10 heteroatoms. The summed E-state index contributed by atoms with van der Waals surface area (Å²) in [6.07, 6.45) is 5.91. The highest BCUT2D eigenvalue weighted by molar-refractivity contribution is 14.0. The summed E-state index contributed by atoms with van der Waals surface area (Å²) in [6.45, 7) is 4.18. The number of hydrogen-bond acceptors (Lipinski definition) is 5. The van der Waals surface area contributed by atoms with Gasteiger partial charge in [-0.05, 0) is 32.6 Å². The van der Waals surface area contributed by atoms with Crippen LogP contribution in [0.3, 0.4) is 0 Å². The van der Waals surface area contributed by atoms with Crippen LogP contribution in [0.15, 0.2) is 4.99 Å². The Morgan fingerprint density at radius 2 is 2.08 bits per heavy atom. The van der Waals surface area contributed by atoms with Crippen LogP contribution in [0.1, 0.15) is 35.3 Å². The van der Waals surface area contributed by atoms with Crippen LogP contribution in [-0.2, 0) is 29.4 Å². The molecule has 0 aromatic carbocycles. The Bertz CT molecular complexity index is 652. The molecule has 0 spiro atoms. The second kappa shape index (κ2) is 10.6. The van der Waals surface area contributed by atoms with Crippen LogP contribution >= 0.6 is 35.3 Å². The number of fused-ring (bicyclic) bond motifs is 1. The maximum absolute atomic E-state index is 11.1. The van der Waals surface area contributed by atoms with Crippen LogP contribution < -0.4 is 10.0 Å². The third-order valence-corrected chi connectivity index (χ3v) is 5.57. The Morgan fingerprint density at radius 1 is 1.36 bits per heavy atom. The minimum atomic E-state index is -3.17. The SMILES string of the molecule is CCNC(=NCCNS(C)(=O)=O)N(C)Cc1nc2c(s1)CCCC2.I. The molecule has 2 rings (SSSR count). The van der Waals surface area contributed by atoms with Gasteiger partial charge in [-0.3, -0.25) is 4.99 Å². The molecular formula is C15H28IN5O2S2. The van der Waals surface area contributed by atoms with E-state index in [0.717, 1.165) is 36.6 Å². The average molecular weight is 501 g/mol. The number of aryl methyl sites for hydroxylation is 2. The average Bonchev–Trinajstić information content (AvgIpc) is 2.91. The van der Waals surface area contributed by atoms with Crippen LogP contribution in [0.4, 0.5) is 0 Å². The van der Waals surface area contributed by atoms with Gasteiger partial charge in [0.05, 0.1) is 25.0 Å². The summed E-state index contributed by atoms with van der Waals surface area (Å²) in [7, 11) is -1.19. The van der Waals surface area contributed by atoms with Gasteiger partial charge >= 0.3 is 0 Å². The molecule has 0 unspecified atom stereocenters. The van der Waals surface area contributed by atoms with Gasteiger partial charge in [0.2, 0.25) is 10.0 Å². The largest absolute Gasteiger partial charge is 0.357 e. The van der Waals surface area contributed by atoms with E-state index in [2.05, 4.69) is 15.0 Å². The highest BCUT2D eigenvalue weighted by Crippen LogP contribution is 2.27. The number of thiazole rings is 1. The fourth-order valence-corrected chi connectivity index (χ4v) is 4.29. The van der Waals surface area contributed by atoms with Crippen molar-refractivity contribution in [1.29, 1.82) is 0 Å². The van der Waals surface area contributed by atoms with Gasteiger partial charge in [-0.15, -0.1) is 35.3 Å². The Hall–Kier alpha value is -0.460. The smallest absolute Gasteiger partial charge is 0.208 e. The van der Waals surface area contributed by atoms with Crippen LogP contribution in [0.2, 0.25) is 0 Å². The standard InChI is InChI=1S/C15H27N5O2S2.HI/c1-4-16-15(17-9-10-18-24(3,21)22)20(2)11-14-19-12-7-5-6-8-13(12)23-14;/h18H,4-11H2,1-3H3,(H,16,17);1H. The first-order valence-corrected chi connectivity index (χ1v) is 11.0. The first-order chi connectivity index (χ1) is 11.4. The number of sulfonamides is 1. The van der Waals surface area contributed by atoms with Gasteiger partial charge in [-0.1, -0.05) is 0 Å². The molecule has 1 aromatic rings. The van der Waals surface area contributed by atoms with Gasteiger partial charge in [0, 0.05) is 25.0 Å². The van der Waals surface area contributed by atoms with Gasteiger partial charge in [-0.2, -0.15) is 0 Å². The summed E-state index contributed by atoms with van der Waals surface area (Å²) in [5, 5.41) is 4.35. The molecule has 0 amide bonds. The predicted molar refractivity (Wildman–Crippen MR) is 114 cm³/mol. The molecule has 0 atom stereocenters. The molecular weight excluding hydrogens is 473 g/mol. The lowest BCUT2D eigenvalue weighted by Crippen LogP contribution is -2.39. The van der Waals surface area contributed by atoms with Crippen molar-refractivity contribution >= 4 is 51.3 Å². The lowest BCUT2D eigenvalue weighted by atomic mass is 10.0. The number of aromatic nitrogens is 1. The minimum Gasteiger partial charge on any atom is -0.357 e. The maximum Gasteiger partial charge on any atom is 0.208 e. The Kier molecular flexibility index (Phi) is 9.60. The zero-order valence-electron chi connectivity index (χ0n) is 15.0. The molecule has 1 heterocycles. The zero-order chi connectivity index (χ0) is 17.6. The summed E-state index contributed by atoms with van der Waals surface area (Å²) in [4.78, 5) is 12.7. The van der Waals surface area contributed by atoms with Crippen molar-refractivity contribution in [2.45, 2.75) is 39.2 Å². The molecule has 0 saturated heterocycles. The van der Waals surface area contributed by atoms with Crippen LogP contribution in [-0.4, -0.2) is 57.2 Å². The normalized spacial score (nSPS) is 14.6. The second-order valence-electron chi connectivity index (χ2n) is 5.94. The minimum absolute atomic E-state index is 0. The van der Waals surface area contributed by atoms with Gasteiger partial charge in [0.1, 0.15) is 5.01 Å². The highest BCUT2D eigenvalue weighted by atomic mass is 127. The van der Waals surface area contributed by atoms with Crippen molar-refractivity contribution in [2.24, 2.45) is 4.99 Å². The number of nitrogens with zero attached hydrogens (tertiary/aromatic N) is 3. The molecule has 1 aliphatic rings. The number of rotatable bonds is 7. The molecule has 25 heavy (non-hydrogen) atoms. The molecule has 0 bridgehead atoms. The Labute approximate surface area is 171 Å². The summed E-state index contributed by atoms with van der Waals surface area (Å²) < 4.78 is 24.6. The van der Waals surface area contributed by atoms with Crippen molar-refractivity contribution in [3.8, 4) is 0 Å². The topological polar surface area (TPSA) is 86.7 Å². The number of aliphatic imine (C=N–C) groups is 1. The zero-order valence-corrected chi connectivity index (χ0v) is 19.0. The molecule has 2 N–H and O–H groups in total. The van der Waals surface area contributed by atoms with E-state index in [-0.39, 0.29) is 24.0 Å². The number of guanidine groups is 1. The fourth-order valence-electron chi connectivity index (χ4n) is 2.61. The molecule has 1 aliphatic carbocycles. The van der Waals surface area contributed by atoms with Crippen molar-refractivity contribution in [3.63, 3.8) is 0 Å². The summed E-state index contributed by atoms with van der Waals surface area (Å²) in [6, 6.07) is 0. The van der Waals surface area contributed by atoms with E-state index in [4.69, 9.17) is 4.98 Å². The third-order valence-electron chi connectivity index (χ3n) is 3.70. The van der Waals surface area contributed by atoms with E-state index in [9.17, 15) is 8.42 Å². The number of halogens is 1. The second-order valence-corrected chi connectivity index (χ2v) is 8.94. The van der Waals surface area contributed by atoms with Crippen molar-refractivity contribution in [3.05, 3.63) is 15.6 Å². The van der Waals surface area contributed by atoms with Gasteiger partial charge < -0.3 is 10.2 Å². The molecule has 144 valence electrons. The summed E-state index contributed by atoms with van der Waals surface area (Å²) >= 11 is 1.80. The van der Waals surface area contributed by atoms with Gasteiger partial charge in [-0.25, -0.2) is 18.1 Å². The Morgan fingerprint density at radius 3 is 2.72 bits per heavy atom. The lowest BCUT2D eigenvalue weighted by molar-refractivity contribution is 0.474. The third kappa shape index (κ3) is 7.75. The van der Waals surface area contributed by atoms with E-state index < -0.39 is 10.0 Å². The van der Waals surface area contributed by atoms with E-state index in [0.29, 0.717) is 19.6 Å². The van der Waals surface area contributed by atoms with Crippen LogP contribution in [0, 0.1) is 0 Å². The monoisotopic (exact) mass is 501 g/mol. The first kappa shape index (κ1) is 22.6. The summed E-state index contributed by atoms with van der Waals surface area (Å²) in [5.41, 5.74) is 1.27. The van der Waals surface area contributed by atoms with E-state index in [1.165, 1.54) is 23.4 Å². The van der Waals surface area contributed by atoms with Crippen molar-refractivity contribution in [2.75, 3.05) is 32.9 Å². The van der Waals surface area contributed by atoms with Crippen LogP contribution in [0.25, 0.3) is 0 Å². The van der Waals surface area contributed by atoms with Crippen molar-refractivity contribution < 1.29 is 8.42 Å². The first-order valence-electron chi connectivity index (χ1n) is 8.30. The lowest BCUT2D eigenvalue weighted by Gasteiger charge is -2.21. The number of nitrogens with one attached hydrogen (secondary N) is 2. The van der Waals surface area contributed by atoms with Crippen molar-refractivity contribution in [1.82, 2.24) is 19.9 Å². The molecule has 7 nitrogen and oxygen atoms in total. The van der Waals surface area contributed by atoms with Crippen LogP contribution in [0.5, 0.6) is 0 Å². The predicted octanol–water partition coefficient (Wildman–Crippen LogP) is 1.59. The van der Waals surface area contributed by atoms with E-state index >= 15 is 0 Å². The van der Waals surface area contributed by atoms with E-state index in [1.54, 1.807) is 11.3 Å². The molecule has 0 fully saturated rings. The van der Waals surface area contributed by atoms with E-state index in [1.807, 2.05) is 18.9 Å². The van der Waals surface area contributed by atoms with Gasteiger partial charge in [0.15, 0.2) is 5.96 Å². The molecule has 0 radical (unpaired) electrons.